The highest BCUT2D eigenvalue weighted by Gasteiger charge is 2.03. The van der Waals surface area contributed by atoms with E-state index in [2.05, 4.69) is 42.8 Å². The molecule has 0 amide bonds. The van der Waals surface area contributed by atoms with Crippen molar-refractivity contribution in [3.63, 3.8) is 0 Å². The van der Waals surface area contributed by atoms with Crippen LogP contribution in [0.2, 0.25) is 0 Å². The molecule has 0 N–H and O–H groups in total. The molecule has 0 spiro atoms. The van der Waals surface area contributed by atoms with Crippen molar-refractivity contribution < 1.29 is 4.42 Å². The van der Waals surface area contributed by atoms with Gasteiger partial charge in [-0.25, -0.2) is 0 Å². The van der Waals surface area contributed by atoms with Crippen molar-refractivity contribution in [2.75, 3.05) is 5.33 Å². The van der Waals surface area contributed by atoms with Gasteiger partial charge in [0.15, 0.2) is 0 Å². The summed E-state index contributed by atoms with van der Waals surface area (Å²) < 4.78 is 5.62. The first-order valence-electron chi connectivity index (χ1n) is 5.02. The van der Waals surface area contributed by atoms with Crippen LogP contribution in [0.5, 0.6) is 0 Å². The molecule has 1 aromatic rings. The highest BCUT2D eigenvalue weighted by Crippen LogP contribution is 2.18. The monoisotopic (exact) mass is 256 g/mol. The standard InChI is InChI=1S/C12H17BrO/c1-4-11-5-6-12(14-11)7-10(8-13)9(2)3/h5-7,9H,4,8H2,1-3H3. The lowest BCUT2D eigenvalue weighted by molar-refractivity contribution is 0.506. The minimum atomic E-state index is 0.560. The fraction of sp³-hybridized carbons (Fsp3) is 0.500. The van der Waals surface area contributed by atoms with E-state index < -0.39 is 0 Å². The first-order chi connectivity index (χ1) is 6.67. The highest BCUT2D eigenvalue weighted by atomic mass is 79.9. The summed E-state index contributed by atoms with van der Waals surface area (Å²) in [5, 5.41) is 0.910. The first-order valence-corrected chi connectivity index (χ1v) is 6.14. The van der Waals surface area contributed by atoms with Crippen LogP contribution in [-0.2, 0) is 6.42 Å². The maximum Gasteiger partial charge on any atom is 0.127 e. The quantitative estimate of drug-likeness (QED) is 0.734. The van der Waals surface area contributed by atoms with Gasteiger partial charge in [0, 0.05) is 11.8 Å². The van der Waals surface area contributed by atoms with Crippen LogP contribution in [-0.4, -0.2) is 5.33 Å². The third kappa shape index (κ3) is 3.02. The molecule has 0 bridgehead atoms. The Morgan fingerprint density at radius 3 is 2.64 bits per heavy atom. The van der Waals surface area contributed by atoms with Crippen molar-refractivity contribution in [2.45, 2.75) is 27.2 Å². The molecule has 0 fully saturated rings. The molecular formula is C12H17BrO. The lowest BCUT2D eigenvalue weighted by Crippen LogP contribution is -1.94. The van der Waals surface area contributed by atoms with Gasteiger partial charge >= 0.3 is 0 Å². The average Bonchev–Trinajstić information content (AvgIpc) is 2.61. The Kier molecular flexibility index (Phi) is 4.46. The van der Waals surface area contributed by atoms with Crippen LogP contribution >= 0.6 is 15.9 Å². The van der Waals surface area contributed by atoms with Crippen molar-refractivity contribution >= 4 is 22.0 Å². The van der Waals surface area contributed by atoms with Gasteiger partial charge in [-0.15, -0.1) is 0 Å². The predicted octanol–water partition coefficient (Wildman–Crippen LogP) is 4.28. The van der Waals surface area contributed by atoms with Crippen molar-refractivity contribution in [1.82, 2.24) is 0 Å². The molecule has 0 radical (unpaired) electrons. The van der Waals surface area contributed by atoms with Crippen LogP contribution in [0.3, 0.4) is 0 Å². The molecule has 0 saturated heterocycles. The van der Waals surface area contributed by atoms with E-state index in [0.29, 0.717) is 5.92 Å². The van der Waals surface area contributed by atoms with Gasteiger partial charge in [0.1, 0.15) is 11.5 Å². The number of aryl methyl sites for hydroxylation is 1. The Morgan fingerprint density at radius 1 is 1.50 bits per heavy atom. The first kappa shape index (κ1) is 11.6. The second kappa shape index (κ2) is 5.40. The van der Waals surface area contributed by atoms with Gasteiger partial charge < -0.3 is 4.42 Å². The molecule has 0 aliphatic heterocycles. The normalized spacial score (nSPS) is 12.5. The number of halogens is 1. The molecule has 0 unspecified atom stereocenters. The van der Waals surface area contributed by atoms with Gasteiger partial charge in [-0.3, -0.25) is 0 Å². The molecule has 1 rings (SSSR count). The van der Waals surface area contributed by atoms with Gasteiger partial charge in [0.05, 0.1) is 0 Å². The number of alkyl halides is 1. The SMILES string of the molecule is CCc1ccc(C=C(CBr)C(C)C)o1. The summed E-state index contributed by atoms with van der Waals surface area (Å²) in [6.07, 6.45) is 3.08. The zero-order valence-corrected chi connectivity index (χ0v) is 10.6. The Hall–Kier alpha value is -0.500. The fourth-order valence-electron chi connectivity index (χ4n) is 1.20. The van der Waals surface area contributed by atoms with E-state index in [9.17, 15) is 0 Å². The fourth-order valence-corrected chi connectivity index (χ4v) is 2.01. The number of hydrogen-bond donors (Lipinski definition) is 0. The summed E-state index contributed by atoms with van der Waals surface area (Å²) in [5.41, 5.74) is 1.36. The number of furan rings is 1. The van der Waals surface area contributed by atoms with Gasteiger partial charge in [-0.05, 0) is 24.1 Å². The summed E-state index contributed by atoms with van der Waals surface area (Å²) in [7, 11) is 0. The molecule has 78 valence electrons. The van der Waals surface area contributed by atoms with E-state index >= 15 is 0 Å². The number of hydrogen-bond acceptors (Lipinski definition) is 1. The van der Waals surface area contributed by atoms with E-state index in [1.54, 1.807) is 0 Å². The summed E-state index contributed by atoms with van der Waals surface area (Å²) >= 11 is 3.49. The molecule has 1 aromatic heterocycles. The number of allylic oxidation sites excluding steroid dienone is 1. The summed E-state index contributed by atoms with van der Waals surface area (Å²) in [6, 6.07) is 4.07. The Balaban J connectivity index is 2.83. The smallest absolute Gasteiger partial charge is 0.127 e. The second-order valence-electron chi connectivity index (χ2n) is 3.67. The largest absolute Gasteiger partial charge is 0.462 e. The van der Waals surface area contributed by atoms with E-state index in [-0.39, 0.29) is 0 Å². The molecule has 0 aromatic carbocycles. The molecule has 1 nitrogen and oxygen atoms in total. The number of rotatable bonds is 4. The molecule has 0 atom stereocenters. The van der Waals surface area contributed by atoms with Crippen molar-refractivity contribution in [2.24, 2.45) is 5.92 Å². The lowest BCUT2D eigenvalue weighted by atomic mass is 10.0. The maximum absolute atomic E-state index is 5.62. The molecule has 14 heavy (non-hydrogen) atoms. The second-order valence-corrected chi connectivity index (χ2v) is 4.23. The van der Waals surface area contributed by atoms with Crippen LogP contribution in [0, 0.1) is 5.92 Å². The zero-order valence-electron chi connectivity index (χ0n) is 9.01. The van der Waals surface area contributed by atoms with Crippen molar-refractivity contribution in [1.29, 1.82) is 0 Å². The molecule has 2 heteroatoms. The van der Waals surface area contributed by atoms with Crippen molar-refractivity contribution in [3.8, 4) is 0 Å². The molecule has 1 heterocycles. The molecule has 0 aliphatic rings. The van der Waals surface area contributed by atoms with Gasteiger partial charge in [-0.1, -0.05) is 42.3 Å². The van der Waals surface area contributed by atoms with Gasteiger partial charge in [0.2, 0.25) is 0 Å². The summed E-state index contributed by atoms with van der Waals surface area (Å²) in [4.78, 5) is 0. The summed E-state index contributed by atoms with van der Waals surface area (Å²) in [6.45, 7) is 6.48. The third-order valence-corrected chi connectivity index (χ3v) is 2.90. The van der Waals surface area contributed by atoms with E-state index in [1.165, 1.54) is 5.57 Å². The van der Waals surface area contributed by atoms with Crippen LogP contribution in [0.15, 0.2) is 22.1 Å². The van der Waals surface area contributed by atoms with E-state index in [0.717, 1.165) is 23.3 Å². The lowest BCUT2D eigenvalue weighted by Gasteiger charge is -2.06. The third-order valence-electron chi connectivity index (χ3n) is 2.25. The predicted molar refractivity (Wildman–Crippen MR) is 64.7 cm³/mol. The molecular weight excluding hydrogens is 240 g/mol. The average molecular weight is 257 g/mol. The minimum Gasteiger partial charge on any atom is -0.462 e. The minimum absolute atomic E-state index is 0.560. The topological polar surface area (TPSA) is 13.1 Å². The zero-order chi connectivity index (χ0) is 10.6. The molecule has 0 saturated carbocycles. The Labute approximate surface area is 94.3 Å². The van der Waals surface area contributed by atoms with Crippen LogP contribution < -0.4 is 0 Å². The van der Waals surface area contributed by atoms with Crippen LogP contribution in [0.1, 0.15) is 32.3 Å². The summed E-state index contributed by atoms with van der Waals surface area (Å²) in [5.74, 6) is 2.57. The molecule has 0 aliphatic carbocycles. The van der Waals surface area contributed by atoms with E-state index in [4.69, 9.17) is 4.42 Å². The van der Waals surface area contributed by atoms with E-state index in [1.807, 2.05) is 12.1 Å². The Bertz CT molecular complexity index is 310. The van der Waals surface area contributed by atoms with Gasteiger partial charge in [-0.2, -0.15) is 0 Å². The van der Waals surface area contributed by atoms with Crippen LogP contribution in [0.4, 0.5) is 0 Å². The van der Waals surface area contributed by atoms with Gasteiger partial charge in [0.25, 0.3) is 0 Å². The highest BCUT2D eigenvalue weighted by molar-refractivity contribution is 9.09. The van der Waals surface area contributed by atoms with Crippen LogP contribution in [0.25, 0.3) is 6.08 Å². The maximum atomic E-state index is 5.62. The Morgan fingerprint density at radius 2 is 2.21 bits per heavy atom. The van der Waals surface area contributed by atoms with Crippen molar-refractivity contribution in [3.05, 3.63) is 29.2 Å².